The zero-order valence-electron chi connectivity index (χ0n) is 13.9. The van der Waals surface area contributed by atoms with Crippen LogP contribution in [0, 0.1) is 5.82 Å². The van der Waals surface area contributed by atoms with Crippen molar-refractivity contribution in [3.63, 3.8) is 0 Å². The Morgan fingerprint density at radius 3 is 2.52 bits per heavy atom. The van der Waals surface area contributed by atoms with E-state index in [0.29, 0.717) is 0 Å². The summed E-state index contributed by atoms with van der Waals surface area (Å²) in [6, 6.07) is 6.84. The SMILES string of the molecule is CCNC(=NCC1(c2ccc(F)cc2)CC1)NCCCOC.I. The van der Waals surface area contributed by atoms with Crippen LogP contribution in [0.25, 0.3) is 0 Å². The molecule has 0 amide bonds. The normalized spacial score (nSPS) is 15.7. The fraction of sp³-hybridized carbons (Fsp3) is 0.588. The molecule has 1 fully saturated rings. The van der Waals surface area contributed by atoms with Crippen LogP contribution in [0.1, 0.15) is 31.7 Å². The number of ether oxygens (including phenoxy) is 1. The first-order chi connectivity index (χ1) is 10.7. The van der Waals surface area contributed by atoms with Gasteiger partial charge in [0.25, 0.3) is 0 Å². The summed E-state index contributed by atoms with van der Waals surface area (Å²) in [6.45, 7) is 5.20. The van der Waals surface area contributed by atoms with Crippen molar-refractivity contribution in [1.29, 1.82) is 0 Å². The van der Waals surface area contributed by atoms with Crippen molar-refractivity contribution in [2.24, 2.45) is 4.99 Å². The van der Waals surface area contributed by atoms with Gasteiger partial charge in [-0.15, -0.1) is 24.0 Å². The summed E-state index contributed by atoms with van der Waals surface area (Å²) in [5.74, 6) is 0.656. The van der Waals surface area contributed by atoms with E-state index in [9.17, 15) is 4.39 Å². The van der Waals surface area contributed by atoms with Gasteiger partial charge in [0.15, 0.2) is 5.96 Å². The Morgan fingerprint density at radius 1 is 1.26 bits per heavy atom. The Balaban J connectivity index is 0.00000264. The molecule has 23 heavy (non-hydrogen) atoms. The predicted molar refractivity (Wildman–Crippen MR) is 103 cm³/mol. The van der Waals surface area contributed by atoms with Gasteiger partial charge in [-0.3, -0.25) is 4.99 Å². The highest BCUT2D eigenvalue weighted by atomic mass is 127. The number of nitrogens with one attached hydrogen (secondary N) is 2. The second-order valence-corrected chi connectivity index (χ2v) is 5.76. The summed E-state index contributed by atoms with van der Waals surface area (Å²) in [7, 11) is 1.71. The van der Waals surface area contributed by atoms with Gasteiger partial charge >= 0.3 is 0 Å². The van der Waals surface area contributed by atoms with E-state index >= 15 is 0 Å². The minimum Gasteiger partial charge on any atom is -0.385 e. The number of nitrogens with zero attached hydrogens (tertiary/aromatic N) is 1. The molecule has 1 aliphatic rings. The van der Waals surface area contributed by atoms with E-state index < -0.39 is 0 Å². The molecule has 0 heterocycles. The average molecular weight is 435 g/mol. The van der Waals surface area contributed by atoms with E-state index in [0.717, 1.165) is 51.5 Å². The van der Waals surface area contributed by atoms with Crippen molar-refractivity contribution in [3.8, 4) is 0 Å². The maximum absolute atomic E-state index is 13.1. The Hall–Kier alpha value is -0.890. The van der Waals surface area contributed by atoms with Crippen LogP contribution in [-0.4, -0.2) is 39.3 Å². The molecule has 0 saturated heterocycles. The smallest absolute Gasteiger partial charge is 0.191 e. The van der Waals surface area contributed by atoms with Gasteiger partial charge in [-0.2, -0.15) is 0 Å². The minimum atomic E-state index is -0.184. The third-order valence-corrected chi connectivity index (χ3v) is 4.01. The van der Waals surface area contributed by atoms with Gasteiger partial charge in [0.05, 0.1) is 6.54 Å². The Kier molecular flexibility index (Phi) is 8.83. The number of rotatable bonds is 8. The van der Waals surface area contributed by atoms with Crippen LogP contribution in [-0.2, 0) is 10.2 Å². The van der Waals surface area contributed by atoms with Gasteiger partial charge in [-0.05, 0) is 43.9 Å². The molecular weight excluding hydrogens is 408 g/mol. The van der Waals surface area contributed by atoms with Gasteiger partial charge in [-0.1, -0.05) is 12.1 Å². The van der Waals surface area contributed by atoms with E-state index in [-0.39, 0.29) is 35.2 Å². The summed E-state index contributed by atoms with van der Waals surface area (Å²) >= 11 is 0. The van der Waals surface area contributed by atoms with Crippen LogP contribution < -0.4 is 10.6 Å². The molecule has 1 aromatic rings. The van der Waals surface area contributed by atoms with Crippen molar-refractivity contribution < 1.29 is 9.13 Å². The lowest BCUT2D eigenvalue weighted by Crippen LogP contribution is -2.38. The number of halogens is 2. The molecule has 1 saturated carbocycles. The summed E-state index contributed by atoms with van der Waals surface area (Å²) in [5.41, 5.74) is 1.29. The molecule has 0 unspecified atom stereocenters. The van der Waals surface area contributed by atoms with Crippen molar-refractivity contribution >= 4 is 29.9 Å². The summed E-state index contributed by atoms with van der Waals surface area (Å²) in [6.07, 6.45) is 3.18. The lowest BCUT2D eigenvalue weighted by molar-refractivity contribution is 0.195. The molecule has 0 bridgehead atoms. The number of benzene rings is 1. The maximum atomic E-state index is 13.1. The first kappa shape index (κ1) is 20.2. The zero-order valence-corrected chi connectivity index (χ0v) is 16.2. The molecule has 0 aliphatic heterocycles. The van der Waals surface area contributed by atoms with Crippen LogP contribution in [0.2, 0.25) is 0 Å². The number of guanidine groups is 1. The first-order valence-corrected chi connectivity index (χ1v) is 7.97. The van der Waals surface area contributed by atoms with E-state index in [1.807, 2.05) is 12.1 Å². The lowest BCUT2D eigenvalue weighted by Gasteiger charge is -2.16. The molecule has 130 valence electrons. The van der Waals surface area contributed by atoms with Gasteiger partial charge in [0.2, 0.25) is 0 Å². The maximum Gasteiger partial charge on any atom is 0.191 e. The quantitative estimate of drug-likeness (QED) is 0.286. The molecule has 0 atom stereocenters. The van der Waals surface area contributed by atoms with Gasteiger partial charge < -0.3 is 15.4 Å². The molecule has 0 aromatic heterocycles. The highest BCUT2D eigenvalue weighted by molar-refractivity contribution is 14.0. The molecule has 1 aromatic carbocycles. The minimum absolute atomic E-state index is 0. The standard InChI is InChI=1S/C17H26FN3O.HI/c1-3-19-16(20-11-4-12-22-2)21-13-17(9-10-17)14-5-7-15(18)8-6-14;/h5-8H,3-4,9-13H2,1-2H3,(H2,19,20,21);1H. The average Bonchev–Trinajstić information content (AvgIpc) is 3.31. The Morgan fingerprint density at radius 2 is 1.96 bits per heavy atom. The van der Waals surface area contributed by atoms with Crippen molar-refractivity contribution in [3.05, 3.63) is 35.6 Å². The highest BCUT2D eigenvalue weighted by Gasteiger charge is 2.44. The van der Waals surface area contributed by atoms with E-state index in [2.05, 4.69) is 17.6 Å². The largest absolute Gasteiger partial charge is 0.385 e. The Bertz CT molecular complexity index is 489. The number of hydrogen-bond acceptors (Lipinski definition) is 2. The monoisotopic (exact) mass is 435 g/mol. The Labute approximate surface area is 155 Å². The summed E-state index contributed by atoms with van der Waals surface area (Å²) in [4.78, 5) is 4.70. The zero-order chi connectivity index (χ0) is 15.8. The van der Waals surface area contributed by atoms with E-state index in [1.165, 1.54) is 17.7 Å². The molecule has 1 aliphatic carbocycles. The first-order valence-electron chi connectivity index (χ1n) is 7.97. The van der Waals surface area contributed by atoms with Crippen LogP contribution in [0.3, 0.4) is 0 Å². The fourth-order valence-electron chi connectivity index (χ4n) is 2.49. The van der Waals surface area contributed by atoms with Crippen molar-refractivity contribution in [2.75, 3.05) is 33.4 Å². The van der Waals surface area contributed by atoms with Crippen molar-refractivity contribution in [1.82, 2.24) is 10.6 Å². The van der Waals surface area contributed by atoms with Gasteiger partial charge in [0, 0.05) is 32.2 Å². The molecule has 0 spiro atoms. The summed E-state index contributed by atoms with van der Waals surface area (Å²) in [5, 5.41) is 6.57. The number of hydrogen-bond donors (Lipinski definition) is 2. The fourth-order valence-corrected chi connectivity index (χ4v) is 2.49. The van der Waals surface area contributed by atoms with E-state index in [1.54, 1.807) is 7.11 Å². The second kappa shape index (κ2) is 10.1. The molecule has 6 heteroatoms. The molecule has 2 N–H and O–H groups in total. The predicted octanol–water partition coefficient (Wildman–Crippen LogP) is 3.07. The van der Waals surface area contributed by atoms with Gasteiger partial charge in [-0.25, -0.2) is 4.39 Å². The molecule has 0 radical (unpaired) electrons. The molecule has 2 rings (SSSR count). The highest BCUT2D eigenvalue weighted by Crippen LogP contribution is 2.48. The van der Waals surface area contributed by atoms with Crippen LogP contribution in [0.4, 0.5) is 4.39 Å². The van der Waals surface area contributed by atoms with Crippen LogP contribution >= 0.6 is 24.0 Å². The van der Waals surface area contributed by atoms with E-state index in [4.69, 9.17) is 9.73 Å². The van der Waals surface area contributed by atoms with Crippen molar-refractivity contribution in [2.45, 2.75) is 31.6 Å². The van der Waals surface area contributed by atoms with Gasteiger partial charge in [0.1, 0.15) is 5.82 Å². The van der Waals surface area contributed by atoms with Crippen LogP contribution in [0.15, 0.2) is 29.3 Å². The third-order valence-electron chi connectivity index (χ3n) is 4.01. The topological polar surface area (TPSA) is 45.7 Å². The summed E-state index contributed by atoms with van der Waals surface area (Å²) < 4.78 is 18.1. The molecular formula is C17H27FIN3O. The lowest BCUT2D eigenvalue weighted by atomic mass is 9.96. The number of methoxy groups -OCH3 is 1. The molecule has 4 nitrogen and oxygen atoms in total. The number of aliphatic imine (C=N–C) groups is 1. The van der Waals surface area contributed by atoms with Crippen LogP contribution in [0.5, 0.6) is 0 Å². The third kappa shape index (κ3) is 6.25. The second-order valence-electron chi connectivity index (χ2n) is 5.76.